The summed E-state index contributed by atoms with van der Waals surface area (Å²) in [5.74, 6) is -0.117. The Morgan fingerprint density at radius 1 is 0.868 bits per heavy atom. The quantitative estimate of drug-likeness (QED) is 0.215. The fraction of sp³-hybridized carbons (Fsp3) is 0.781. The summed E-state index contributed by atoms with van der Waals surface area (Å²) in [6.45, 7) is 5.29. The molecule has 0 spiro atoms. The van der Waals surface area contributed by atoms with Gasteiger partial charge in [0, 0.05) is 5.92 Å². The van der Waals surface area contributed by atoms with Crippen LogP contribution in [0.25, 0.3) is 0 Å². The molecule has 1 unspecified atom stereocenters. The molecule has 3 aliphatic rings. The number of aliphatic hydroxyl groups is 1. The lowest BCUT2D eigenvalue weighted by Crippen LogP contribution is -2.46. The lowest BCUT2D eigenvalue weighted by molar-refractivity contribution is -0.177. The van der Waals surface area contributed by atoms with Gasteiger partial charge in [0.2, 0.25) is 0 Å². The molecule has 3 fully saturated rings. The molecule has 214 valence electrons. The molecule has 2 aliphatic heterocycles. The van der Waals surface area contributed by atoms with Crippen molar-refractivity contribution in [2.75, 3.05) is 39.5 Å². The van der Waals surface area contributed by atoms with E-state index in [1.54, 1.807) is 0 Å². The number of unbranched alkanes of at least 4 members (excludes halogenated alkanes) is 6. The predicted octanol–water partition coefficient (Wildman–Crippen LogP) is 6.20. The number of carbonyl (C=O) groups is 1. The number of rotatable bonds is 15. The second-order valence-electron chi connectivity index (χ2n) is 11.8. The Balaban J connectivity index is 1.08. The number of nitrogens with zero attached hydrogens (tertiary/aromatic N) is 1. The molecule has 0 radical (unpaired) electrons. The second-order valence-corrected chi connectivity index (χ2v) is 11.8. The van der Waals surface area contributed by atoms with Crippen molar-refractivity contribution in [1.29, 1.82) is 0 Å². The van der Waals surface area contributed by atoms with Gasteiger partial charge in [0.05, 0.1) is 19.8 Å². The van der Waals surface area contributed by atoms with Crippen molar-refractivity contribution in [3.63, 3.8) is 0 Å². The summed E-state index contributed by atoms with van der Waals surface area (Å²) < 4.78 is 16.8. The zero-order valence-electron chi connectivity index (χ0n) is 23.5. The van der Waals surface area contributed by atoms with Crippen molar-refractivity contribution in [2.45, 2.75) is 108 Å². The van der Waals surface area contributed by atoms with Gasteiger partial charge in [-0.3, -0.25) is 0 Å². The number of benzene rings is 1. The number of esters is 1. The molecule has 1 N–H and O–H groups in total. The van der Waals surface area contributed by atoms with E-state index < -0.39 is 11.6 Å². The second kappa shape index (κ2) is 16.0. The predicted molar refractivity (Wildman–Crippen MR) is 150 cm³/mol. The van der Waals surface area contributed by atoms with E-state index in [-0.39, 0.29) is 12.2 Å². The molecule has 0 amide bonds. The molecular weight excluding hydrogens is 478 g/mol. The maximum absolute atomic E-state index is 13.3. The van der Waals surface area contributed by atoms with Crippen LogP contribution in [0.5, 0.6) is 0 Å². The van der Waals surface area contributed by atoms with E-state index in [9.17, 15) is 9.90 Å². The van der Waals surface area contributed by atoms with Crippen molar-refractivity contribution < 1.29 is 24.1 Å². The van der Waals surface area contributed by atoms with Gasteiger partial charge in [0.25, 0.3) is 0 Å². The summed E-state index contributed by atoms with van der Waals surface area (Å²) in [5, 5.41) is 11.7. The highest BCUT2D eigenvalue weighted by Crippen LogP contribution is 2.40. The number of carbonyl (C=O) groups excluding carboxylic acids is 1. The molecule has 1 aromatic rings. The van der Waals surface area contributed by atoms with Gasteiger partial charge in [-0.15, -0.1) is 0 Å². The molecule has 2 saturated heterocycles. The molecule has 1 saturated carbocycles. The summed E-state index contributed by atoms with van der Waals surface area (Å²) in [7, 11) is 0. The van der Waals surface area contributed by atoms with E-state index in [1.165, 1.54) is 57.9 Å². The van der Waals surface area contributed by atoms with Crippen LogP contribution in [0.1, 0.15) is 102 Å². The molecule has 6 nitrogen and oxygen atoms in total. The first-order chi connectivity index (χ1) is 18.7. The standard InChI is InChI=1S/C32H51NO5/c34-31(32(35,28-14-8-6-9-15-28)29-16-10-7-11-17-29)38-26-27-19-22-33(23-20-27)21-13-5-3-1-2-4-12-18-30-36-24-25-37-30/h6,8-9,14-15,27,29-30,35H,1-5,7,10-13,16-26H2. The summed E-state index contributed by atoms with van der Waals surface area (Å²) in [4.78, 5) is 15.9. The lowest BCUT2D eigenvalue weighted by Gasteiger charge is -2.37. The van der Waals surface area contributed by atoms with Crippen molar-refractivity contribution in [3.8, 4) is 0 Å². The molecule has 6 heteroatoms. The molecule has 0 bridgehead atoms. The van der Waals surface area contributed by atoms with Crippen LogP contribution in [0.3, 0.4) is 0 Å². The van der Waals surface area contributed by atoms with Gasteiger partial charge >= 0.3 is 5.97 Å². The van der Waals surface area contributed by atoms with Crippen LogP contribution in [-0.4, -0.2) is 61.7 Å². The molecule has 38 heavy (non-hydrogen) atoms. The number of piperidine rings is 1. The van der Waals surface area contributed by atoms with Crippen LogP contribution < -0.4 is 0 Å². The third-order valence-electron chi connectivity index (χ3n) is 8.98. The van der Waals surface area contributed by atoms with E-state index in [4.69, 9.17) is 14.2 Å². The maximum Gasteiger partial charge on any atom is 0.343 e. The molecule has 2 heterocycles. The molecule has 0 aromatic heterocycles. The van der Waals surface area contributed by atoms with Crippen LogP contribution in [0.2, 0.25) is 0 Å². The minimum absolute atomic E-state index is 0.0604. The topological polar surface area (TPSA) is 68.2 Å². The number of hydrogen-bond acceptors (Lipinski definition) is 6. The van der Waals surface area contributed by atoms with Gasteiger partial charge in [-0.05, 0) is 76.1 Å². The Morgan fingerprint density at radius 2 is 1.50 bits per heavy atom. The Labute approximate surface area is 230 Å². The largest absolute Gasteiger partial charge is 0.463 e. The number of ether oxygens (including phenoxy) is 3. The highest BCUT2D eigenvalue weighted by molar-refractivity contribution is 5.81. The van der Waals surface area contributed by atoms with E-state index in [0.29, 0.717) is 18.1 Å². The monoisotopic (exact) mass is 529 g/mol. The SMILES string of the molecule is O=C(OCC1CCN(CCCCCCCCCC2OCCO2)CC1)C(O)(c1ccccc1)C1CCCCC1. The molecular formula is C32H51NO5. The average Bonchev–Trinajstić information content (AvgIpc) is 3.50. The highest BCUT2D eigenvalue weighted by atomic mass is 16.7. The maximum atomic E-state index is 13.3. The Bertz CT molecular complexity index is 784. The van der Waals surface area contributed by atoms with Gasteiger partial charge in [0.15, 0.2) is 11.9 Å². The van der Waals surface area contributed by atoms with Crippen LogP contribution in [0.4, 0.5) is 0 Å². The first-order valence-corrected chi connectivity index (χ1v) is 15.6. The fourth-order valence-electron chi connectivity index (χ4n) is 6.52. The normalized spacial score (nSPS) is 21.9. The third kappa shape index (κ3) is 8.77. The molecule has 4 rings (SSSR count). The van der Waals surface area contributed by atoms with E-state index in [1.807, 2.05) is 30.3 Å². The van der Waals surface area contributed by atoms with Gasteiger partial charge in [-0.2, -0.15) is 0 Å². The first kappa shape index (κ1) is 29.5. The third-order valence-corrected chi connectivity index (χ3v) is 8.98. The summed E-state index contributed by atoms with van der Waals surface area (Å²) in [5.41, 5.74) is -0.846. The number of likely N-dealkylation sites (tertiary alicyclic amines) is 1. The fourth-order valence-corrected chi connectivity index (χ4v) is 6.52. The first-order valence-electron chi connectivity index (χ1n) is 15.6. The Morgan fingerprint density at radius 3 is 2.18 bits per heavy atom. The van der Waals surface area contributed by atoms with Gasteiger partial charge in [0.1, 0.15) is 0 Å². The minimum atomic E-state index is -1.53. The van der Waals surface area contributed by atoms with Crippen molar-refractivity contribution in [3.05, 3.63) is 35.9 Å². The average molecular weight is 530 g/mol. The Kier molecular flexibility index (Phi) is 12.4. The van der Waals surface area contributed by atoms with Crippen LogP contribution in [-0.2, 0) is 24.6 Å². The van der Waals surface area contributed by atoms with Gasteiger partial charge in [-0.25, -0.2) is 4.79 Å². The molecule has 1 aliphatic carbocycles. The minimum Gasteiger partial charge on any atom is -0.463 e. The van der Waals surface area contributed by atoms with E-state index in [2.05, 4.69) is 4.90 Å². The Hall–Kier alpha value is -1.47. The van der Waals surface area contributed by atoms with Crippen LogP contribution in [0.15, 0.2) is 30.3 Å². The van der Waals surface area contributed by atoms with Crippen LogP contribution in [0, 0.1) is 11.8 Å². The van der Waals surface area contributed by atoms with Crippen molar-refractivity contribution in [1.82, 2.24) is 4.90 Å². The lowest BCUT2D eigenvalue weighted by atomic mass is 9.73. The van der Waals surface area contributed by atoms with Crippen molar-refractivity contribution >= 4 is 5.97 Å². The zero-order chi connectivity index (χ0) is 26.5. The van der Waals surface area contributed by atoms with Gasteiger partial charge in [-0.1, -0.05) is 81.7 Å². The smallest absolute Gasteiger partial charge is 0.343 e. The molecule has 1 atom stereocenters. The molecule has 1 aromatic carbocycles. The summed E-state index contributed by atoms with van der Waals surface area (Å²) >= 11 is 0. The zero-order valence-corrected chi connectivity index (χ0v) is 23.5. The van der Waals surface area contributed by atoms with E-state index in [0.717, 1.165) is 71.2 Å². The summed E-state index contributed by atoms with van der Waals surface area (Å²) in [6.07, 6.45) is 17.4. The van der Waals surface area contributed by atoms with Crippen LogP contribution >= 0.6 is 0 Å². The number of hydrogen-bond donors (Lipinski definition) is 1. The van der Waals surface area contributed by atoms with Crippen molar-refractivity contribution in [2.24, 2.45) is 11.8 Å². The highest BCUT2D eigenvalue weighted by Gasteiger charge is 2.47. The summed E-state index contributed by atoms with van der Waals surface area (Å²) in [6, 6.07) is 9.47. The van der Waals surface area contributed by atoms with Gasteiger partial charge < -0.3 is 24.2 Å². The van der Waals surface area contributed by atoms with E-state index >= 15 is 0 Å².